The van der Waals surface area contributed by atoms with Crippen LogP contribution in [0.3, 0.4) is 0 Å². The first kappa shape index (κ1) is 16.5. The number of ether oxygens (including phenoxy) is 1. The van der Waals surface area contributed by atoms with Gasteiger partial charge in [0.25, 0.3) is 5.91 Å². The van der Waals surface area contributed by atoms with Gasteiger partial charge in [0.05, 0.1) is 6.42 Å². The van der Waals surface area contributed by atoms with Gasteiger partial charge in [0.1, 0.15) is 6.10 Å². The molecule has 1 aromatic carbocycles. The van der Waals surface area contributed by atoms with Crippen molar-refractivity contribution in [3.05, 3.63) is 29.8 Å². The quantitative estimate of drug-likeness (QED) is 0.874. The number of anilines is 1. The van der Waals surface area contributed by atoms with E-state index in [1.54, 1.807) is 7.05 Å². The number of nitrogens with one attached hydrogen (secondary N) is 2. The average Bonchev–Trinajstić information content (AvgIpc) is 2.99. The summed E-state index contributed by atoms with van der Waals surface area (Å²) in [6.45, 7) is 4.85. The third-order valence-corrected chi connectivity index (χ3v) is 4.16. The molecule has 2 amide bonds. The number of rotatable bonds is 5. The van der Waals surface area contributed by atoms with Crippen molar-refractivity contribution in [3.8, 4) is 0 Å². The predicted molar refractivity (Wildman–Crippen MR) is 85.5 cm³/mol. The van der Waals surface area contributed by atoms with Gasteiger partial charge in [-0.25, -0.2) is 0 Å². The summed E-state index contributed by atoms with van der Waals surface area (Å²) >= 11 is 0. The second kappa shape index (κ2) is 7.40. The molecule has 2 atom stereocenters. The molecule has 0 saturated carbocycles. The van der Waals surface area contributed by atoms with Gasteiger partial charge < -0.3 is 15.4 Å². The lowest BCUT2D eigenvalue weighted by Crippen LogP contribution is -2.35. The Labute approximate surface area is 131 Å². The van der Waals surface area contributed by atoms with Crippen LogP contribution >= 0.6 is 0 Å². The Morgan fingerprint density at radius 2 is 2.05 bits per heavy atom. The van der Waals surface area contributed by atoms with E-state index in [0.29, 0.717) is 18.2 Å². The molecule has 1 aliphatic rings. The van der Waals surface area contributed by atoms with Gasteiger partial charge in [-0.15, -0.1) is 0 Å². The summed E-state index contributed by atoms with van der Waals surface area (Å²) in [5, 5.41) is 5.52. The first-order valence-electron chi connectivity index (χ1n) is 7.74. The van der Waals surface area contributed by atoms with E-state index in [9.17, 15) is 9.59 Å². The number of carbonyl (C=O) groups excluding carboxylic acids is 2. The van der Waals surface area contributed by atoms with E-state index in [-0.39, 0.29) is 24.2 Å². The van der Waals surface area contributed by atoms with Gasteiger partial charge in [0.15, 0.2) is 0 Å². The molecular formula is C17H24N2O3. The molecule has 0 aromatic heterocycles. The maximum Gasteiger partial charge on any atom is 0.253 e. The Morgan fingerprint density at radius 3 is 2.73 bits per heavy atom. The number of para-hydroxylation sites is 1. The minimum Gasteiger partial charge on any atom is -0.368 e. The number of carbonyl (C=O) groups is 2. The highest BCUT2D eigenvalue weighted by Crippen LogP contribution is 2.29. The molecule has 2 rings (SSSR count). The third-order valence-electron chi connectivity index (χ3n) is 4.16. The predicted octanol–water partition coefficient (Wildman–Crippen LogP) is 1.97. The van der Waals surface area contributed by atoms with Crippen LogP contribution in [0.1, 0.15) is 25.8 Å². The SMILES string of the molecule is CNC(=O)Cc1ccccc1NC(=O)[C@@H]1OCC[C@@H]1C(C)C. The molecule has 120 valence electrons. The Kier molecular flexibility index (Phi) is 5.55. The van der Waals surface area contributed by atoms with Crippen molar-refractivity contribution >= 4 is 17.5 Å². The first-order valence-corrected chi connectivity index (χ1v) is 7.74. The minimum absolute atomic E-state index is 0.0844. The fraction of sp³-hybridized carbons (Fsp3) is 0.529. The van der Waals surface area contributed by atoms with Gasteiger partial charge in [0.2, 0.25) is 5.91 Å². The van der Waals surface area contributed by atoms with E-state index < -0.39 is 6.10 Å². The second-order valence-electron chi connectivity index (χ2n) is 5.98. The number of hydrogen-bond acceptors (Lipinski definition) is 3. The normalized spacial score (nSPS) is 20.9. The van der Waals surface area contributed by atoms with E-state index in [0.717, 1.165) is 12.0 Å². The zero-order valence-corrected chi connectivity index (χ0v) is 13.4. The lowest BCUT2D eigenvalue weighted by molar-refractivity contribution is -0.127. The minimum atomic E-state index is -0.409. The van der Waals surface area contributed by atoms with Gasteiger partial charge in [0, 0.05) is 19.3 Å². The van der Waals surface area contributed by atoms with Gasteiger partial charge in [-0.3, -0.25) is 9.59 Å². The van der Waals surface area contributed by atoms with E-state index in [1.807, 2.05) is 24.3 Å². The van der Waals surface area contributed by atoms with Crippen LogP contribution in [0.25, 0.3) is 0 Å². The third kappa shape index (κ3) is 3.85. The molecule has 0 spiro atoms. The molecule has 0 bridgehead atoms. The Hall–Kier alpha value is -1.88. The molecule has 0 radical (unpaired) electrons. The van der Waals surface area contributed by atoms with Crippen molar-refractivity contribution in [2.24, 2.45) is 11.8 Å². The molecule has 2 N–H and O–H groups in total. The Bertz CT molecular complexity index is 542. The van der Waals surface area contributed by atoms with Crippen molar-refractivity contribution in [1.82, 2.24) is 5.32 Å². The molecular weight excluding hydrogens is 280 g/mol. The highest BCUT2D eigenvalue weighted by atomic mass is 16.5. The molecule has 1 saturated heterocycles. The fourth-order valence-corrected chi connectivity index (χ4v) is 2.82. The summed E-state index contributed by atoms with van der Waals surface area (Å²) in [6, 6.07) is 7.37. The van der Waals surface area contributed by atoms with Crippen molar-refractivity contribution in [2.45, 2.75) is 32.8 Å². The second-order valence-corrected chi connectivity index (χ2v) is 5.98. The van der Waals surface area contributed by atoms with Crippen molar-refractivity contribution in [1.29, 1.82) is 0 Å². The van der Waals surface area contributed by atoms with Crippen LogP contribution in [0.2, 0.25) is 0 Å². The van der Waals surface area contributed by atoms with Crippen LogP contribution in [0, 0.1) is 11.8 Å². The highest BCUT2D eigenvalue weighted by molar-refractivity contribution is 5.96. The topological polar surface area (TPSA) is 67.4 Å². The summed E-state index contributed by atoms with van der Waals surface area (Å²) in [5.41, 5.74) is 1.48. The lowest BCUT2D eigenvalue weighted by Gasteiger charge is -2.21. The summed E-state index contributed by atoms with van der Waals surface area (Å²) < 4.78 is 5.61. The summed E-state index contributed by atoms with van der Waals surface area (Å²) in [4.78, 5) is 24.1. The molecule has 1 heterocycles. The summed E-state index contributed by atoms with van der Waals surface area (Å²) in [6.07, 6.45) is 0.745. The van der Waals surface area contributed by atoms with Gasteiger partial charge in [-0.2, -0.15) is 0 Å². The summed E-state index contributed by atoms with van der Waals surface area (Å²) in [7, 11) is 1.60. The monoisotopic (exact) mass is 304 g/mol. The van der Waals surface area contributed by atoms with E-state index in [4.69, 9.17) is 4.74 Å². The molecule has 0 aliphatic carbocycles. The number of amides is 2. The Balaban J connectivity index is 2.10. The number of likely N-dealkylation sites (N-methyl/N-ethyl adjacent to an activating group) is 1. The van der Waals surface area contributed by atoms with Gasteiger partial charge >= 0.3 is 0 Å². The standard InChI is InChI=1S/C17H24N2O3/c1-11(2)13-8-9-22-16(13)17(21)19-14-7-5-4-6-12(14)10-15(20)18-3/h4-7,11,13,16H,8-10H2,1-3H3,(H,18,20)(H,19,21)/t13-,16-/m1/s1. The average molecular weight is 304 g/mol. The smallest absolute Gasteiger partial charge is 0.253 e. The highest BCUT2D eigenvalue weighted by Gasteiger charge is 2.36. The molecule has 1 aliphatic heterocycles. The van der Waals surface area contributed by atoms with Crippen LogP contribution in [0.15, 0.2) is 24.3 Å². The van der Waals surface area contributed by atoms with E-state index in [2.05, 4.69) is 24.5 Å². The van der Waals surface area contributed by atoms with Gasteiger partial charge in [-0.1, -0.05) is 32.0 Å². The van der Waals surface area contributed by atoms with Crippen LogP contribution < -0.4 is 10.6 Å². The number of hydrogen-bond donors (Lipinski definition) is 2. The molecule has 5 nitrogen and oxygen atoms in total. The van der Waals surface area contributed by atoms with Gasteiger partial charge in [-0.05, 0) is 29.9 Å². The lowest BCUT2D eigenvalue weighted by atomic mass is 9.89. The maximum atomic E-state index is 12.5. The van der Waals surface area contributed by atoms with Crippen LogP contribution in [0.4, 0.5) is 5.69 Å². The molecule has 22 heavy (non-hydrogen) atoms. The summed E-state index contributed by atoms with van der Waals surface area (Å²) in [5.74, 6) is 0.435. The zero-order chi connectivity index (χ0) is 16.1. The van der Waals surface area contributed by atoms with Crippen molar-refractivity contribution in [2.75, 3.05) is 19.0 Å². The zero-order valence-electron chi connectivity index (χ0n) is 13.4. The fourth-order valence-electron chi connectivity index (χ4n) is 2.82. The molecule has 5 heteroatoms. The largest absolute Gasteiger partial charge is 0.368 e. The number of benzene rings is 1. The Morgan fingerprint density at radius 1 is 1.32 bits per heavy atom. The van der Waals surface area contributed by atoms with Crippen molar-refractivity contribution < 1.29 is 14.3 Å². The van der Waals surface area contributed by atoms with Crippen molar-refractivity contribution in [3.63, 3.8) is 0 Å². The molecule has 0 unspecified atom stereocenters. The first-order chi connectivity index (χ1) is 10.5. The van der Waals surface area contributed by atoms with E-state index >= 15 is 0 Å². The van der Waals surface area contributed by atoms with Crippen LogP contribution in [-0.4, -0.2) is 31.6 Å². The maximum absolute atomic E-state index is 12.5. The van der Waals surface area contributed by atoms with Crippen LogP contribution in [-0.2, 0) is 20.7 Å². The van der Waals surface area contributed by atoms with E-state index in [1.165, 1.54) is 0 Å². The van der Waals surface area contributed by atoms with Crippen LogP contribution in [0.5, 0.6) is 0 Å². The molecule has 1 aromatic rings. The molecule has 1 fully saturated rings.